The second kappa shape index (κ2) is 3.03. The van der Waals surface area contributed by atoms with Crippen LogP contribution in [0.2, 0.25) is 0 Å². The van der Waals surface area contributed by atoms with E-state index in [1.807, 2.05) is 19.1 Å². The molecule has 0 fully saturated rings. The molecule has 0 aliphatic heterocycles. The maximum absolute atomic E-state index is 5.66. The van der Waals surface area contributed by atoms with Gasteiger partial charge in [0.15, 0.2) is 11.5 Å². The van der Waals surface area contributed by atoms with E-state index in [2.05, 4.69) is 20.9 Å². The zero-order valence-electron chi connectivity index (χ0n) is 7.17. The van der Waals surface area contributed by atoms with E-state index in [1.165, 1.54) is 0 Å². The van der Waals surface area contributed by atoms with Crippen molar-refractivity contribution in [3.05, 3.63) is 22.5 Å². The minimum Gasteiger partial charge on any atom is -0.440 e. The maximum atomic E-state index is 5.66. The number of fused-ring (bicyclic) bond motifs is 1. The van der Waals surface area contributed by atoms with Crippen LogP contribution >= 0.6 is 15.9 Å². The zero-order valence-corrected chi connectivity index (χ0v) is 8.76. The Morgan fingerprint density at radius 1 is 1.54 bits per heavy atom. The lowest BCUT2D eigenvalue weighted by molar-refractivity contribution is 0.537. The highest BCUT2D eigenvalue weighted by atomic mass is 79.9. The molecule has 2 N–H and O–H groups in total. The van der Waals surface area contributed by atoms with E-state index >= 15 is 0 Å². The minimum absolute atomic E-state index is 0.690. The normalized spacial score (nSPS) is 10.9. The van der Waals surface area contributed by atoms with Crippen LogP contribution in [0.25, 0.3) is 11.1 Å². The number of nitrogens with zero attached hydrogens (tertiary/aromatic N) is 1. The predicted molar refractivity (Wildman–Crippen MR) is 55.5 cm³/mol. The van der Waals surface area contributed by atoms with Gasteiger partial charge in [0.25, 0.3) is 0 Å². The van der Waals surface area contributed by atoms with Crippen molar-refractivity contribution in [1.82, 2.24) is 4.98 Å². The highest BCUT2D eigenvalue weighted by Crippen LogP contribution is 2.27. The fraction of sp³-hybridized carbons (Fsp3) is 0.222. The summed E-state index contributed by atoms with van der Waals surface area (Å²) in [6, 6.07) is 3.62. The predicted octanol–water partition coefficient (Wildman–Crippen LogP) is 2.73. The fourth-order valence-electron chi connectivity index (χ4n) is 1.21. The first-order chi connectivity index (χ1) is 6.20. The second-order valence-corrected chi connectivity index (χ2v) is 3.67. The maximum Gasteiger partial charge on any atom is 0.195 e. The number of halogens is 1. The molecule has 1 aromatic carbocycles. The molecule has 0 radical (unpaired) electrons. The summed E-state index contributed by atoms with van der Waals surface area (Å²) in [5.74, 6) is 0.737. The van der Waals surface area contributed by atoms with Gasteiger partial charge < -0.3 is 10.2 Å². The molecule has 68 valence electrons. The monoisotopic (exact) mass is 240 g/mol. The van der Waals surface area contributed by atoms with Crippen LogP contribution in [0.1, 0.15) is 12.8 Å². The zero-order chi connectivity index (χ0) is 9.42. The third-order valence-electron chi connectivity index (χ3n) is 1.81. The van der Waals surface area contributed by atoms with E-state index < -0.39 is 0 Å². The van der Waals surface area contributed by atoms with Gasteiger partial charge in [-0.05, 0) is 28.1 Å². The van der Waals surface area contributed by atoms with Gasteiger partial charge >= 0.3 is 0 Å². The van der Waals surface area contributed by atoms with Crippen LogP contribution in [0.5, 0.6) is 0 Å². The van der Waals surface area contributed by atoms with Crippen LogP contribution in [0.3, 0.4) is 0 Å². The van der Waals surface area contributed by atoms with Crippen molar-refractivity contribution in [2.45, 2.75) is 13.3 Å². The van der Waals surface area contributed by atoms with Gasteiger partial charge in [0.05, 0.1) is 4.47 Å². The number of hydrogen-bond donors (Lipinski definition) is 1. The fourth-order valence-corrected chi connectivity index (χ4v) is 1.76. The molecule has 0 amide bonds. The third kappa shape index (κ3) is 1.42. The van der Waals surface area contributed by atoms with E-state index in [-0.39, 0.29) is 0 Å². The summed E-state index contributed by atoms with van der Waals surface area (Å²) in [7, 11) is 0. The summed E-state index contributed by atoms with van der Waals surface area (Å²) in [6.07, 6.45) is 0.793. The molecule has 0 saturated carbocycles. The number of rotatable bonds is 1. The van der Waals surface area contributed by atoms with E-state index in [9.17, 15) is 0 Å². The SMILES string of the molecule is CCc1nc2cc(N)cc(Br)c2o1. The van der Waals surface area contributed by atoms with Crippen molar-refractivity contribution in [2.24, 2.45) is 0 Å². The molecule has 3 nitrogen and oxygen atoms in total. The number of nitrogen functional groups attached to an aromatic ring is 1. The van der Waals surface area contributed by atoms with Crippen molar-refractivity contribution >= 4 is 32.7 Å². The van der Waals surface area contributed by atoms with Crippen LogP contribution in [-0.4, -0.2) is 4.98 Å². The number of anilines is 1. The van der Waals surface area contributed by atoms with Gasteiger partial charge in [0.1, 0.15) is 5.52 Å². The molecule has 0 unspecified atom stereocenters. The first-order valence-electron chi connectivity index (χ1n) is 4.05. The Kier molecular flexibility index (Phi) is 2.00. The Balaban J connectivity index is 2.75. The van der Waals surface area contributed by atoms with Crippen molar-refractivity contribution in [3.63, 3.8) is 0 Å². The molecule has 0 bridgehead atoms. The minimum atomic E-state index is 0.690. The molecule has 4 heteroatoms. The molecular weight excluding hydrogens is 232 g/mol. The smallest absolute Gasteiger partial charge is 0.195 e. The molecule has 2 rings (SSSR count). The van der Waals surface area contributed by atoms with Crippen LogP contribution in [0, 0.1) is 0 Å². The first kappa shape index (κ1) is 8.56. The van der Waals surface area contributed by atoms with Crippen molar-refractivity contribution < 1.29 is 4.42 Å². The highest BCUT2D eigenvalue weighted by Gasteiger charge is 2.07. The largest absolute Gasteiger partial charge is 0.440 e. The number of nitrogens with two attached hydrogens (primary N) is 1. The summed E-state index contributed by atoms with van der Waals surface area (Å²) in [5, 5.41) is 0. The Morgan fingerprint density at radius 2 is 2.31 bits per heavy atom. The second-order valence-electron chi connectivity index (χ2n) is 2.81. The summed E-state index contributed by atoms with van der Waals surface area (Å²) < 4.78 is 6.35. The van der Waals surface area contributed by atoms with E-state index in [1.54, 1.807) is 0 Å². The standard InChI is InChI=1S/C9H9BrN2O/c1-2-8-12-7-4-5(11)3-6(10)9(7)13-8/h3-4H,2,11H2,1H3. The molecule has 13 heavy (non-hydrogen) atoms. The van der Waals surface area contributed by atoms with Gasteiger partial charge in [0, 0.05) is 12.1 Å². The summed E-state index contributed by atoms with van der Waals surface area (Å²) in [5.41, 5.74) is 7.93. The average Bonchev–Trinajstić information content (AvgIpc) is 2.47. The average molecular weight is 241 g/mol. The number of hydrogen-bond acceptors (Lipinski definition) is 3. The molecule has 0 aliphatic rings. The molecule has 0 aliphatic carbocycles. The lowest BCUT2D eigenvalue weighted by Crippen LogP contribution is -1.83. The summed E-state index contributed by atoms with van der Waals surface area (Å²) >= 11 is 3.38. The van der Waals surface area contributed by atoms with Gasteiger partial charge in [0.2, 0.25) is 0 Å². The first-order valence-corrected chi connectivity index (χ1v) is 4.84. The quantitative estimate of drug-likeness (QED) is 0.781. The van der Waals surface area contributed by atoms with E-state index in [4.69, 9.17) is 10.2 Å². The van der Waals surface area contributed by atoms with Gasteiger partial charge in [-0.15, -0.1) is 0 Å². The van der Waals surface area contributed by atoms with E-state index in [0.717, 1.165) is 27.9 Å². The number of oxazole rings is 1. The molecule has 0 spiro atoms. The van der Waals surface area contributed by atoms with Crippen LogP contribution in [-0.2, 0) is 6.42 Å². The summed E-state index contributed by atoms with van der Waals surface area (Å²) in [4.78, 5) is 4.28. The lowest BCUT2D eigenvalue weighted by atomic mass is 10.3. The molecule has 2 aromatic rings. The lowest BCUT2D eigenvalue weighted by Gasteiger charge is -1.93. The molecule has 1 aromatic heterocycles. The number of aryl methyl sites for hydroxylation is 1. The third-order valence-corrected chi connectivity index (χ3v) is 2.40. The topological polar surface area (TPSA) is 52.0 Å². The van der Waals surface area contributed by atoms with Crippen LogP contribution in [0.4, 0.5) is 5.69 Å². The molecule has 0 atom stereocenters. The van der Waals surface area contributed by atoms with Crippen molar-refractivity contribution in [2.75, 3.05) is 5.73 Å². The van der Waals surface area contributed by atoms with Gasteiger partial charge in [-0.1, -0.05) is 6.92 Å². The highest BCUT2D eigenvalue weighted by molar-refractivity contribution is 9.10. The van der Waals surface area contributed by atoms with Gasteiger partial charge in [-0.25, -0.2) is 4.98 Å². The molecule has 0 saturated heterocycles. The Bertz CT molecular complexity index is 450. The van der Waals surface area contributed by atoms with Gasteiger partial charge in [-0.2, -0.15) is 0 Å². The van der Waals surface area contributed by atoms with Crippen molar-refractivity contribution in [1.29, 1.82) is 0 Å². The Morgan fingerprint density at radius 3 is 3.00 bits per heavy atom. The number of aromatic nitrogens is 1. The van der Waals surface area contributed by atoms with Crippen LogP contribution < -0.4 is 5.73 Å². The van der Waals surface area contributed by atoms with Crippen LogP contribution in [0.15, 0.2) is 21.0 Å². The van der Waals surface area contributed by atoms with Gasteiger partial charge in [-0.3, -0.25) is 0 Å². The van der Waals surface area contributed by atoms with Crippen molar-refractivity contribution in [3.8, 4) is 0 Å². The number of benzene rings is 1. The Hall–Kier alpha value is -1.03. The summed E-state index contributed by atoms with van der Waals surface area (Å²) in [6.45, 7) is 2.00. The molecule has 1 heterocycles. The Labute approximate surface area is 84.1 Å². The van der Waals surface area contributed by atoms with E-state index in [0.29, 0.717) is 5.69 Å². The molecular formula is C9H9BrN2O.